The van der Waals surface area contributed by atoms with Gasteiger partial charge in [0, 0.05) is 38.8 Å². The molecule has 0 saturated carbocycles. The molecule has 256 valence electrons. The molecule has 1 aliphatic heterocycles. The van der Waals surface area contributed by atoms with Crippen LogP contribution in [0.5, 0.6) is 0 Å². The van der Waals surface area contributed by atoms with Crippen LogP contribution in [0.25, 0.3) is 16.9 Å². The molecular formula is C43H64N2Ni. The van der Waals surface area contributed by atoms with Crippen molar-refractivity contribution in [1.29, 1.82) is 0 Å². The van der Waals surface area contributed by atoms with E-state index in [2.05, 4.69) is 88.4 Å². The largest absolute Gasteiger partial charge is 0.493 e. The molecule has 0 bridgehead atoms. The standard InChI is InChI=1S/C43H64N2.Ni/c1-5-9-13-15-16-17-18-19-22-29-37-30-24-25-32-39(37)43-41(34-23-14-10-6-2)40(33-21-12-8-4)42(45(43)44)38-31-26-28-36(35-38)27-20-11-7-3;/h17-18,24-26,28,30-32,35H,5-16,19-23,27,29,33-34H2,1-4H3;. The number of rotatable bonds is 24. The van der Waals surface area contributed by atoms with Gasteiger partial charge in [-0.15, -0.1) is 0 Å². The molecule has 0 aliphatic carbocycles. The van der Waals surface area contributed by atoms with Crippen molar-refractivity contribution >= 4 is 11.4 Å². The summed E-state index contributed by atoms with van der Waals surface area (Å²) in [6, 6.07) is 17.9. The number of hydrogen-bond donors (Lipinski definition) is 0. The smallest absolute Gasteiger partial charge is 0.211 e. The third kappa shape index (κ3) is 12.7. The van der Waals surface area contributed by atoms with Crippen LogP contribution < -0.4 is 0 Å². The zero-order chi connectivity index (χ0) is 32.1. The van der Waals surface area contributed by atoms with E-state index in [1.54, 1.807) is 4.70 Å². The Labute approximate surface area is 293 Å². The number of allylic oxidation sites excluding steroid dienone is 4. The minimum absolute atomic E-state index is 0. The number of aryl methyl sites for hydroxylation is 2. The summed E-state index contributed by atoms with van der Waals surface area (Å²) < 4.78 is 1.61. The fourth-order valence-electron chi connectivity index (χ4n) is 6.80. The molecule has 0 saturated heterocycles. The summed E-state index contributed by atoms with van der Waals surface area (Å²) in [5.41, 5.74) is 22.2. The van der Waals surface area contributed by atoms with E-state index in [9.17, 15) is 5.53 Å². The SMILES string of the molecule is CCCCCCC=CCCCc1ccccc1C1=C(CCCCCC)C(CCCCC)=C(c2cccc(CCCCC)c2)[N+]1=[N-].[Ni]. The van der Waals surface area contributed by atoms with Crippen molar-refractivity contribution in [3.05, 3.63) is 99.6 Å². The van der Waals surface area contributed by atoms with Crippen molar-refractivity contribution in [2.75, 3.05) is 0 Å². The minimum atomic E-state index is 0. The Bertz CT molecular complexity index is 1250. The second kappa shape index (κ2) is 24.0. The number of hydrogen-bond acceptors (Lipinski definition) is 0. The minimum Gasteiger partial charge on any atom is -0.493 e. The fourth-order valence-corrected chi connectivity index (χ4v) is 6.80. The average molecular weight is 668 g/mol. The predicted molar refractivity (Wildman–Crippen MR) is 197 cm³/mol. The van der Waals surface area contributed by atoms with Crippen LogP contribution in [0.3, 0.4) is 0 Å². The molecule has 2 nitrogen and oxygen atoms in total. The molecule has 0 aromatic heterocycles. The van der Waals surface area contributed by atoms with Crippen LogP contribution in [0, 0.1) is 0 Å². The van der Waals surface area contributed by atoms with Gasteiger partial charge in [-0.1, -0.05) is 134 Å². The number of unbranched alkanes of at least 4 members (excludes halogenated alkanes) is 12. The van der Waals surface area contributed by atoms with Gasteiger partial charge in [0.2, 0.25) is 11.4 Å². The molecule has 1 aliphatic rings. The second-order valence-electron chi connectivity index (χ2n) is 13.3. The molecule has 46 heavy (non-hydrogen) atoms. The molecule has 3 rings (SSSR count). The van der Waals surface area contributed by atoms with Gasteiger partial charge in [0.25, 0.3) is 0 Å². The maximum atomic E-state index is 12.2. The Hall–Kier alpha value is -2.25. The first kappa shape index (κ1) is 39.9. The number of benzene rings is 2. The van der Waals surface area contributed by atoms with E-state index in [1.807, 2.05) is 0 Å². The summed E-state index contributed by atoms with van der Waals surface area (Å²) in [6.45, 7) is 9.12. The van der Waals surface area contributed by atoms with Crippen LogP contribution >= 0.6 is 0 Å². The zero-order valence-corrected chi connectivity index (χ0v) is 30.8. The number of nitrogens with zero attached hydrogens (tertiary/aromatic N) is 2. The Morgan fingerprint density at radius 1 is 0.543 bits per heavy atom. The van der Waals surface area contributed by atoms with E-state index < -0.39 is 0 Å². The molecule has 0 fully saturated rings. The Morgan fingerprint density at radius 3 is 1.80 bits per heavy atom. The molecule has 0 atom stereocenters. The van der Waals surface area contributed by atoms with Gasteiger partial charge in [-0.05, 0) is 100.0 Å². The summed E-state index contributed by atoms with van der Waals surface area (Å²) in [7, 11) is 0. The molecule has 0 spiro atoms. The van der Waals surface area contributed by atoms with Gasteiger partial charge in [-0.2, -0.15) is 0 Å². The van der Waals surface area contributed by atoms with Crippen LogP contribution in [-0.2, 0) is 29.3 Å². The van der Waals surface area contributed by atoms with Crippen molar-refractivity contribution in [2.45, 2.75) is 163 Å². The van der Waals surface area contributed by atoms with E-state index in [0.717, 1.165) is 56.3 Å². The van der Waals surface area contributed by atoms with Crippen LogP contribution in [0.15, 0.2) is 71.8 Å². The Kier molecular flexibility index (Phi) is 20.8. The van der Waals surface area contributed by atoms with Gasteiger partial charge in [0.1, 0.15) is 0 Å². The summed E-state index contributed by atoms with van der Waals surface area (Å²) in [4.78, 5) is 0. The summed E-state index contributed by atoms with van der Waals surface area (Å²) in [5.74, 6) is 0. The van der Waals surface area contributed by atoms with Crippen molar-refractivity contribution in [2.24, 2.45) is 0 Å². The molecule has 0 N–H and O–H groups in total. The van der Waals surface area contributed by atoms with Gasteiger partial charge >= 0.3 is 0 Å². The summed E-state index contributed by atoms with van der Waals surface area (Å²) >= 11 is 0. The van der Waals surface area contributed by atoms with Gasteiger partial charge < -0.3 is 5.53 Å². The molecule has 3 heteroatoms. The molecule has 0 amide bonds. The van der Waals surface area contributed by atoms with E-state index >= 15 is 0 Å². The van der Waals surface area contributed by atoms with Crippen LogP contribution in [-0.4, -0.2) is 4.70 Å². The van der Waals surface area contributed by atoms with Gasteiger partial charge in [-0.25, -0.2) is 4.70 Å². The second-order valence-corrected chi connectivity index (χ2v) is 13.3. The van der Waals surface area contributed by atoms with E-state index in [0.29, 0.717) is 0 Å². The van der Waals surface area contributed by atoms with E-state index in [-0.39, 0.29) is 16.5 Å². The van der Waals surface area contributed by atoms with Crippen molar-refractivity contribution in [1.82, 2.24) is 0 Å². The Morgan fingerprint density at radius 2 is 1.11 bits per heavy atom. The van der Waals surface area contributed by atoms with Crippen molar-refractivity contribution < 1.29 is 21.2 Å². The Balaban J connectivity index is 0.00000736. The fraction of sp³-hybridized carbons (Fsp3) is 0.581. The first-order chi connectivity index (χ1) is 22.2. The van der Waals surface area contributed by atoms with Gasteiger partial charge in [0.15, 0.2) is 0 Å². The normalized spacial score (nSPS) is 13.3. The zero-order valence-electron chi connectivity index (χ0n) is 29.8. The molecule has 0 unspecified atom stereocenters. The van der Waals surface area contributed by atoms with Crippen LogP contribution in [0.4, 0.5) is 0 Å². The predicted octanol–water partition coefficient (Wildman–Crippen LogP) is 14.0. The third-order valence-corrected chi connectivity index (χ3v) is 9.42. The first-order valence-corrected chi connectivity index (χ1v) is 18.9. The van der Waals surface area contributed by atoms with E-state index in [1.165, 1.54) is 123 Å². The maximum absolute atomic E-state index is 12.2. The maximum Gasteiger partial charge on any atom is 0.211 e. The molecule has 2 aromatic rings. The van der Waals surface area contributed by atoms with Crippen molar-refractivity contribution in [3.8, 4) is 0 Å². The van der Waals surface area contributed by atoms with Crippen LogP contribution in [0.1, 0.15) is 172 Å². The van der Waals surface area contributed by atoms with Crippen molar-refractivity contribution in [3.63, 3.8) is 0 Å². The summed E-state index contributed by atoms with van der Waals surface area (Å²) in [6.07, 6.45) is 30.0. The molecule has 1 heterocycles. The molecule has 2 aromatic carbocycles. The molecule has 0 radical (unpaired) electrons. The van der Waals surface area contributed by atoms with E-state index in [4.69, 9.17) is 0 Å². The van der Waals surface area contributed by atoms with Crippen LogP contribution in [0.2, 0.25) is 0 Å². The monoisotopic (exact) mass is 666 g/mol. The first-order valence-electron chi connectivity index (χ1n) is 18.9. The average Bonchev–Trinajstić information content (AvgIpc) is 3.33. The third-order valence-electron chi connectivity index (χ3n) is 9.42. The summed E-state index contributed by atoms with van der Waals surface area (Å²) in [5, 5.41) is 0. The quantitative estimate of drug-likeness (QED) is 0.0461. The topological polar surface area (TPSA) is 25.3 Å². The van der Waals surface area contributed by atoms with Gasteiger partial charge in [-0.3, -0.25) is 0 Å². The molecular weight excluding hydrogens is 603 g/mol. The van der Waals surface area contributed by atoms with Gasteiger partial charge in [0.05, 0.1) is 0 Å².